The summed E-state index contributed by atoms with van der Waals surface area (Å²) in [4.78, 5) is 23.6. The van der Waals surface area contributed by atoms with Gasteiger partial charge in [0.25, 0.3) is 0 Å². The molecule has 0 saturated heterocycles. The summed E-state index contributed by atoms with van der Waals surface area (Å²) in [6, 6.07) is 0.0908. The van der Waals surface area contributed by atoms with Crippen molar-refractivity contribution in [3.05, 3.63) is 0 Å². The van der Waals surface area contributed by atoms with E-state index in [-0.39, 0.29) is 6.03 Å². The highest BCUT2D eigenvalue weighted by Gasteiger charge is 2.65. The molecule has 5 heteroatoms. The van der Waals surface area contributed by atoms with E-state index >= 15 is 0 Å². The molecular formula is C16H26N2O3. The summed E-state index contributed by atoms with van der Waals surface area (Å²) in [5, 5.41) is 15.3. The summed E-state index contributed by atoms with van der Waals surface area (Å²) in [6.07, 6.45) is 4.00. The van der Waals surface area contributed by atoms with E-state index in [4.69, 9.17) is 0 Å². The number of amides is 2. The Hall–Kier alpha value is -1.26. The van der Waals surface area contributed by atoms with E-state index in [1.165, 1.54) is 19.3 Å². The van der Waals surface area contributed by atoms with Crippen LogP contribution in [-0.2, 0) is 4.79 Å². The van der Waals surface area contributed by atoms with Gasteiger partial charge in [0.05, 0.1) is 11.0 Å². The van der Waals surface area contributed by atoms with Crippen molar-refractivity contribution in [3.63, 3.8) is 0 Å². The second-order valence-electron chi connectivity index (χ2n) is 8.17. The number of nitrogens with one attached hydrogen (secondary N) is 2. The molecule has 3 rings (SSSR count). The lowest BCUT2D eigenvalue weighted by Crippen LogP contribution is -2.59. The molecule has 3 N–H and O–H groups in total. The van der Waals surface area contributed by atoms with Crippen LogP contribution in [0.3, 0.4) is 0 Å². The molecule has 0 aliphatic heterocycles. The third kappa shape index (κ3) is 2.12. The lowest BCUT2D eigenvalue weighted by atomic mass is 9.74. The fourth-order valence-electron chi connectivity index (χ4n) is 4.41. The number of aliphatic carboxylic acids is 1. The van der Waals surface area contributed by atoms with Crippen molar-refractivity contribution >= 4 is 12.0 Å². The smallest absolute Gasteiger partial charge is 0.315 e. The highest BCUT2D eigenvalue weighted by molar-refractivity contribution is 5.80. The van der Waals surface area contributed by atoms with Gasteiger partial charge in [0.15, 0.2) is 0 Å². The minimum absolute atomic E-state index is 0.229. The lowest BCUT2D eigenvalue weighted by Gasteiger charge is -2.38. The molecule has 3 saturated carbocycles. The number of carbonyl (C=O) groups excluding carboxylic acids is 1. The van der Waals surface area contributed by atoms with Crippen LogP contribution in [0.4, 0.5) is 4.79 Å². The van der Waals surface area contributed by atoms with Crippen LogP contribution < -0.4 is 10.6 Å². The average molecular weight is 294 g/mol. The molecule has 0 aromatic carbocycles. The maximum absolute atomic E-state index is 12.2. The Balaban J connectivity index is 1.57. The monoisotopic (exact) mass is 294 g/mol. The van der Waals surface area contributed by atoms with Gasteiger partial charge in [-0.1, -0.05) is 0 Å². The molecule has 3 aliphatic carbocycles. The second-order valence-corrected chi connectivity index (χ2v) is 8.17. The highest BCUT2D eigenvalue weighted by Crippen LogP contribution is 2.65. The first-order valence-electron chi connectivity index (χ1n) is 7.97. The predicted octanol–water partition coefficient (Wildman–Crippen LogP) is 2.22. The average Bonchev–Trinajstić information content (AvgIpc) is 2.77. The molecule has 0 radical (unpaired) electrons. The van der Waals surface area contributed by atoms with Crippen LogP contribution in [0.2, 0.25) is 0 Å². The minimum Gasteiger partial charge on any atom is -0.481 e. The van der Waals surface area contributed by atoms with Crippen LogP contribution in [0.1, 0.15) is 47.0 Å². The summed E-state index contributed by atoms with van der Waals surface area (Å²) < 4.78 is 0. The SMILES string of the molecule is CC(C)(NC(=O)NC1C2C3CCC(C3)C12)C(C)(C)C(=O)O. The number of urea groups is 1. The Bertz CT molecular complexity index is 470. The van der Waals surface area contributed by atoms with Gasteiger partial charge in [-0.05, 0) is 70.6 Å². The number of fused-ring (bicyclic) bond motifs is 5. The van der Waals surface area contributed by atoms with Crippen LogP contribution >= 0.6 is 0 Å². The summed E-state index contributed by atoms with van der Waals surface area (Å²) in [6.45, 7) is 6.81. The Morgan fingerprint density at radius 1 is 1.05 bits per heavy atom. The van der Waals surface area contributed by atoms with Crippen LogP contribution in [-0.4, -0.2) is 28.7 Å². The van der Waals surface area contributed by atoms with Gasteiger partial charge in [-0.3, -0.25) is 4.79 Å². The van der Waals surface area contributed by atoms with Crippen LogP contribution in [0, 0.1) is 29.1 Å². The van der Waals surface area contributed by atoms with E-state index in [2.05, 4.69) is 10.6 Å². The van der Waals surface area contributed by atoms with Gasteiger partial charge in [0.2, 0.25) is 0 Å². The predicted molar refractivity (Wildman–Crippen MR) is 78.8 cm³/mol. The van der Waals surface area contributed by atoms with Crippen molar-refractivity contribution in [2.45, 2.75) is 58.5 Å². The molecule has 4 unspecified atom stereocenters. The molecule has 0 aromatic rings. The van der Waals surface area contributed by atoms with Crippen molar-refractivity contribution < 1.29 is 14.7 Å². The molecule has 2 amide bonds. The summed E-state index contributed by atoms with van der Waals surface area (Å²) in [7, 11) is 0. The third-order valence-corrected chi connectivity index (χ3v) is 6.56. The van der Waals surface area contributed by atoms with Crippen LogP contribution in [0.25, 0.3) is 0 Å². The highest BCUT2D eigenvalue weighted by atomic mass is 16.4. The number of carboxylic acid groups (broad SMARTS) is 1. The van der Waals surface area contributed by atoms with E-state index < -0.39 is 16.9 Å². The van der Waals surface area contributed by atoms with Crippen molar-refractivity contribution in [2.24, 2.45) is 29.1 Å². The normalized spacial score (nSPS) is 37.0. The summed E-state index contributed by atoms with van der Waals surface area (Å²) in [5.74, 6) is 2.09. The first-order chi connectivity index (χ1) is 9.65. The van der Waals surface area contributed by atoms with E-state index in [0.29, 0.717) is 17.9 Å². The Morgan fingerprint density at radius 3 is 2.05 bits per heavy atom. The molecule has 0 spiro atoms. The largest absolute Gasteiger partial charge is 0.481 e. The summed E-state index contributed by atoms with van der Waals surface area (Å²) in [5.41, 5.74) is -1.84. The van der Waals surface area contributed by atoms with E-state index in [1.54, 1.807) is 27.7 Å². The van der Waals surface area contributed by atoms with Crippen molar-refractivity contribution in [1.29, 1.82) is 0 Å². The van der Waals surface area contributed by atoms with Crippen molar-refractivity contribution in [1.82, 2.24) is 10.6 Å². The molecule has 0 heterocycles. The zero-order chi connectivity index (χ0) is 15.6. The fraction of sp³-hybridized carbons (Fsp3) is 0.875. The van der Waals surface area contributed by atoms with Gasteiger partial charge in [0.1, 0.15) is 0 Å². The molecule has 21 heavy (non-hydrogen) atoms. The second kappa shape index (κ2) is 4.37. The number of hydrogen-bond donors (Lipinski definition) is 3. The maximum Gasteiger partial charge on any atom is 0.315 e. The Labute approximate surface area is 125 Å². The molecular weight excluding hydrogens is 268 g/mol. The molecule has 5 nitrogen and oxygen atoms in total. The van der Waals surface area contributed by atoms with Gasteiger partial charge in [-0.2, -0.15) is 0 Å². The molecule has 118 valence electrons. The zero-order valence-corrected chi connectivity index (χ0v) is 13.3. The van der Waals surface area contributed by atoms with Crippen LogP contribution in [0.15, 0.2) is 0 Å². The number of carbonyl (C=O) groups is 2. The van der Waals surface area contributed by atoms with E-state index in [9.17, 15) is 14.7 Å². The van der Waals surface area contributed by atoms with Gasteiger partial charge < -0.3 is 15.7 Å². The molecule has 3 fully saturated rings. The van der Waals surface area contributed by atoms with Gasteiger partial charge in [-0.15, -0.1) is 0 Å². The minimum atomic E-state index is -1.03. The molecule has 4 atom stereocenters. The standard InChI is InChI=1S/C16H26N2O3/c1-15(2,13(19)20)16(3,4)18-14(21)17-12-10-8-5-6-9(7-8)11(10)12/h8-12H,5-7H2,1-4H3,(H,19,20)(H2,17,18,21). The first-order valence-corrected chi connectivity index (χ1v) is 7.97. The number of carboxylic acids is 1. The maximum atomic E-state index is 12.2. The Kier molecular flexibility index (Phi) is 3.05. The summed E-state index contributed by atoms with van der Waals surface area (Å²) >= 11 is 0. The number of rotatable bonds is 4. The third-order valence-electron chi connectivity index (χ3n) is 6.56. The van der Waals surface area contributed by atoms with Gasteiger partial charge >= 0.3 is 12.0 Å². The molecule has 2 bridgehead atoms. The van der Waals surface area contributed by atoms with Crippen molar-refractivity contribution in [2.75, 3.05) is 0 Å². The van der Waals surface area contributed by atoms with E-state index in [1.807, 2.05) is 0 Å². The molecule has 3 aliphatic rings. The Morgan fingerprint density at radius 2 is 1.57 bits per heavy atom. The van der Waals surface area contributed by atoms with Gasteiger partial charge in [0, 0.05) is 6.04 Å². The van der Waals surface area contributed by atoms with Crippen LogP contribution in [0.5, 0.6) is 0 Å². The lowest BCUT2D eigenvalue weighted by molar-refractivity contribution is -0.150. The van der Waals surface area contributed by atoms with E-state index in [0.717, 1.165) is 11.8 Å². The van der Waals surface area contributed by atoms with Gasteiger partial charge in [-0.25, -0.2) is 4.79 Å². The topological polar surface area (TPSA) is 78.4 Å². The number of hydrogen-bond acceptors (Lipinski definition) is 2. The zero-order valence-electron chi connectivity index (χ0n) is 13.3. The quantitative estimate of drug-likeness (QED) is 0.744. The van der Waals surface area contributed by atoms with Crippen molar-refractivity contribution in [3.8, 4) is 0 Å². The first kappa shape index (κ1) is 14.7. The fourth-order valence-corrected chi connectivity index (χ4v) is 4.41. The molecule has 0 aromatic heterocycles.